The van der Waals surface area contributed by atoms with Crippen LogP contribution < -0.4 is 5.32 Å². The van der Waals surface area contributed by atoms with Crippen LogP contribution in [0.5, 0.6) is 0 Å². The summed E-state index contributed by atoms with van der Waals surface area (Å²) in [5.74, 6) is -2.05. The number of hydrogen-bond donors (Lipinski definition) is 2. The second-order valence-corrected chi connectivity index (χ2v) is 5.78. The number of carboxylic acids is 1. The van der Waals surface area contributed by atoms with Crippen molar-refractivity contribution in [2.75, 3.05) is 0 Å². The van der Waals surface area contributed by atoms with Crippen molar-refractivity contribution in [1.29, 1.82) is 0 Å². The molecule has 1 heterocycles. The molecule has 0 radical (unpaired) electrons. The van der Waals surface area contributed by atoms with Gasteiger partial charge in [0.25, 0.3) is 0 Å². The summed E-state index contributed by atoms with van der Waals surface area (Å²) in [5, 5.41) is 11.1. The Morgan fingerprint density at radius 3 is 2.62 bits per heavy atom. The summed E-state index contributed by atoms with van der Waals surface area (Å²) in [6, 6.07) is 4.84. The van der Waals surface area contributed by atoms with Gasteiger partial charge in [0.15, 0.2) is 11.7 Å². The van der Waals surface area contributed by atoms with Gasteiger partial charge in [-0.25, -0.2) is 9.78 Å². The van der Waals surface area contributed by atoms with Crippen LogP contribution in [0.25, 0.3) is 11.3 Å². The van der Waals surface area contributed by atoms with Gasteiger partial charge in [0.1, 0.15) is 6.04 Å². The molecule has 6 nitrogen and oxygen atoms in total. The van der Waals surface area contributed by atoms with Crippen molar-refractivity contribution in [2.24, 2.45) is 0 Å². The number of halogens is 4. The van der Waals surface area contributed by atoms with Crippen molar-refractivity contribution in [3.05, 3.63) is 41.4 Å². The van der Waals surface area contributed by atoms with E-state index in [-0.39, 0.29) is 18.7 Å². The molecule has 1 amide bonds. The van der Waals surface area contributed by atoms with E-state index in [1.807, 2.05) is 5.32 Å². The highest BCUT2D eigenvalue weighted by Gasteiger charge is 2.36. The van der Waals surface area contributed by atoms with Crippen LogP contribution in [0.1, 0.15) is 18.7 Å². The number of carbonyl (C=O) groups is 2. The summed E-state index contributed by atoms with van der Waals surface area (Å²) >= 11 is 6.04. The Bertz CT molecular complexity index is 792. The van der Waals surface area contributed by atoms with Crippen molar-refractivity contribution in [3.8, 4) is 11.3 Å². The van der Waals surface area contributed by atoms with Gasteiger partial charge in [0, 0.05) is 18.4 Å². The van der Waals surface area contributed by atoms with Crippen molar-refractivity contribution < 1.29 is 32.3 Å². The minimum atomic E-state index is -4.71. The minimum absolute atomic E-state index is 0.00531. The number of aliphatic carboxylic acids is 1. The highest BCUT2D eigenvalue weighted by atomic mass is 35.5. The fourth-order valence-electron chi connectivity index (χ4n) is 2.13. The summed E-state index contributed by atoms with van der Waals surface area (Å²) in [5.41, 5.74) is 0.605. The average Bonchev–Trinajstić information content (AvgIpc) is 3.00. The van der Waals surface area contributed by atoms with Crippen molar-refractivity contribution in [3.63, 3.8) is 0 Å². The monoisotopic (exact) mass is 390 g/mol. The number of rotatable bonds is 7. The van der Waals surface area contributed by atoms with Crippen LogP contribution in [0, 0.1) is 0 Å². The van der Waals surface area contributed by atoms with Crippen LogP contribution in [0.4, 0.5) is 13.2 Å². The molecule has 1 atom stereocenters. The fraction of sp³-hybridized carbons (Fsp3) is 0.312. The molecule has 0 aliphatic rings. The molecule has 140 valence electrons. The zero-order valence-corrected chi connectivity index (χ0v) is 14.0. The molecular weight excluding hydrogens is 377 g/mol. The van der Waals surface area contributed by atoms with E-state index in [1.54, 1.807) is 24.3 Å². The SMILES string of the molecule is O=C(CCc1ncc(-c2ccccc2Cl)o1)NC(CC(F)(F)F)C(=O)O. The lowest BCUT2D eigenvalue weighted by atomic mass is 10.2. The Balaban J connectivity index is 1.93. The number of hydrogen-bond acceptors (Lipinski definition) is 4. The average molecular weight is 391 g/mol. The number of carboxylic acid groups (broad SMARTS) is 1. The Morgan fingerprint density at radius 1 is 1.31 bits per heavy atom. The summed E-state index contributed by atoms with van der Waals surface area (Å²) in [6.45, 7) is 0. The molecule has 0 saturated carbocycles. The standard InChI is InChI=1S/C16H14ClF3N2O4/c17-10-4-2-1-3-9(10)12-8-21-14(26-12)6-5-13(23)22-11(15(24)25)7-16(18,19)20/h1-4,8,11H,5-7H2,(H,22,23)(H,24,25). The van der Waals surface area contributed by atoms with Crippen LogP contribution >= 0.6 is 11.6 Å². The summed E-state index contributed by atoms with van der Waals surface area (Å²) < 4.78 is 42.4. The van der Waals surface area contributed by atoms with E-state index >= 15 is 0 Å². The summed E-state index contributed by atoms with van der Waals surface area (Å²) in [6.07, 6.45) is -5.22. The van der Waals surface area contributed by atoms with Gasteiger partial charge < -0.3 is 14.8 Å². The number of alkyl halides is 3. The minimum Gasteiger partial charge on any atom is -0.480 e. The molecule has 1 unspecified atom stereocenters. The quantitative estimate of drug-likeness (QED) is 0.755. The van der Waals surface area contributed by atoms with Gasteiger partial charge in [-0.1, -0.05) is 23.7 Å². The number of carbonyl (C=O) groups excluding carboxylic acids is 1. The van der Waals surface area contributed by atoms with Gasteiger partial charge in [-0.3, -0.25) is 4.79 Å². The third kappa shape index (κ3) is 5.76. The molecule has 10 heteroatoms. The smallest absolute Gasteiger partial charge is 0.391 e. The second kappa shape index (κ2) is 8.22. The maximum absolute atomic E-state index is 12.3. The summed E-state index contributed by atoms with van der Waals surface area (Å²) in [4.78, 5) is 26.5. The van der Waals surface area contributed by atoms with Gasteiger partial charge in [0.05, 0.1) is 17.6 Å². The zero-order valence-electron chi connectivity index (χ0n) is 13.2. The normalized spacial score (nSPS) is 12.6. The third-order valence-electron chi connectivity index (χ3n) is 3.33. The van der Waals surface area contributed by atoms with E-state index in [0.29, 0.717) is 16.3 Å². The number of benzene rings is 1. The number of nitrogens with one attached hydrogen (secondary N) is 1. The van der Waals surface area contributed by atoms with Crippen LogP contribution in [-0.4, -0.2) is 34.2 Å². The highest BCUT2D eigenvalue weighted by Crippen LogP contribution is 2.28. The van der Waals surface area contributed by atoms with Gasteiger partial charge in [0.2, 0.25) is 5.91 Å². The van der Waals surface area contributed by atoms with E-state index in [1.165, 1.54) is 6.20 Å². The second-order valence-electron chi connectivity index (χ2n) is 5.38. The molecule has 26 heavy (non-hydrogen) atoms. The predicted octanol–water partition coefficient (Wildman–Crippen LogP) is 3.45. The van der Waals surface area contributed by atoms with E-state index in [9.17, 15) is 22.8 Å². The number of aryl methyl sites for hydroxylation is 1. The lowest BCUT2D eigenvalue weighted by Gasteiger charge is -2.16. The first-order valence-electron chi connectivity index (χ1n) is 7.44. The zero-order chi connectivity index (χ0) is 19.3. The maximum Gasteiger partial charge on any atom is 0.391 e. The number of oxazole rings is 1. The Labute approximate surface area is 151 Å². The van der Waals surface area contributed by atoms with Crippen molar-refractivity contribution >= 4 is 23.5 Å². The van der Waals surface area contributed by atoms with Gasteiger partial charge in [-0.15, -0.1) is 0 Å². The van der Waals surface area contributed by atoms with Crippen LogP contribution in [0.3, 0.4) is 0 Å². The van der Waals surface area contributed by atoms with Gasteiger partial charge in [-0.2, -0.15) is 13.2 Å². The molecule has 0 spiro atoms. The molecule has 1 aromatic carbocycles. The number of nitrogens with zero attached hydrogens (tertiary/aromatic N) is 1. The molecule has 0 saturated heterocycles. The fourth-order valence-corrected chi connectivity index (χ4v) is 2.36. The number of aromatic nitrogens is 1. The predicted molar refractivity (Wildman–Crippen MR) is 85.5 cm³/mol. The lowest BCUT2D eigenvalue weighted by Crippen LogP contribution is -2.43. The summed E-state index contributed by atoms with van der Waals surface area (Å²) in [7, 11) is 0. The Kier molecular flexibility index (Phi) is 6.25. The molecule has 0 aliphatic carbocycles. The molecule has 2 rings (SSSR count). The number of amides is 1. The first kappa shape index (κ1) is 19.8. The molecule has 2 N–H and O–H groups in total. The van der Waals surface area contributed by atoms with Gasteiger partial charge in [-0.05, 0) is 12.1 Å². The first-order chi connectivity index (χ1) is 12.2. The lowest BCUT2D eigenvalue weighted by molar-refractivity contribution is -0.160. The van der Waals surface area contributed by atoms with E-state index in [0.717, 1.165) is 0 Å². The molecule has 0 fully saturated rings. The molecule has 0 bridgehead atoms. The van der Waals surface area contributed by atoms with Gasteiger partial charge >= 0.3 is 12.1 Å². The molecule has 1 aromatic heterocycles. The topological polar surface area (TPSA) is 92.4 Å². The molecule has 0 aliphatic heterocycles. The van der Waals surface area contributed by atoms with Crippen LogP contribution in [0.15, 0.2) is 34.9 Å². The molecule has 2 aromatic rings. The van der Waals surface area contributed by atoms with E-state index in [2.05, 4.69) is 4.98 Å². The highest BCUT2D eigenvalue weighted by molar-refractivity contribution is 6.33. The Hall–Kier alpha value is -2.55. The molecular formula is C16H14ClF3N2O4. The Morgan fingerprint density at radius 2 is 2.00 bits per heavy atom. The van der Waals surface area contributed by atoms with E-state index in [4.69, 9.17) is 21.1 Å². The first-order valence-corrected chi connectivity index (χ1v) is 7.82. The van der Waals surface area contributed by atoms with Crippen LogP contribution in [-0.2, 0) is 16.0 Å². The van der Waals surface area contributed by atoms with Crippen molar-refractivity contribution in [2.45, 2.75) is 31.5 Å². The van der Waals surface area contributed by atoms with E-state index < -0.39 is 30.5 Å². The van der Waals surface area contributed by atoms with Crippen molar-refractivity contribution in [1.82, 2.24) is 10.3 Å². The third-order valence-corrected chi connectivity index (χ3v) is 3.66. The van der Waals surface area contributed by atoms with Crippen LogP contribution in [0.2, 0.25) is 5.02 Å². The maximum atomic E-state index is 12.3. The largest absolute Gasteiger partial charge is 0.480 e.